The Kier molecular flexibility index (Phi) is 3.37. The molecule has 1 aliphatic heterocycles. The third-order valence-electron chi connectivity index (χ3n) is 3.27. The highest BCUT2D eigenvalue weighted by molar-refractivity contribution is 5.64. The van der Waals surface area contributed by atoms with E-state index in [-0.39, 0.29) is 0 Å². The molecule has 1 atom stereocenters. The van der Waals surface area contributed by atoms with Crippen molar-refractivity contribution in [3.05, 3.63) is 23.8 Å². The molecule has 0 fully saturated rings. The van der Waals surface area contributed by atoms with Crippen LogP contribution >= 0.6 is 0 Å². The summed E-state index contributed by atoms with van der Waals surface area (Å²) in [7, 11) is 1.74. The summed E-state index contributed by atoms with van der Waals surface area (Å²) in [6.45, 7) is 5.65. The molecule has 0 amide bonds. The maximum atomic E-state index is 5.40. The number of rotatable bonds is 3. The van der Waals surface area contributed by atoms with Gasteiger partial charge in [-0.05, 0) is 36.3 Å². The molecule has 0 radical (unpaired) electrons. The molecule has 0 aliphatic carbocycles. The van der Waals surface area contributed by atoms with Crippen LogP contribution in [-0.2, 0) is 0 Å². The van der Waals surface area contributed by atoms with E-state index in [1.165, 1.54) is 24.1 Å². The number of hydrogen-bond donors (Lipinski definition) is 1. The molecule has 0 aromatic heterocycles. The quantitative estimate of drug-likeness (QED) is 0.838. The second-order valence-electron chi connectivity index (χ2n) is 4.97. The van der Waals surface area contributed by atoms with Crippen LogP contribution in [0.5, 0.6) is 5.75 Å². The number of anilines is 1. The van der Waals surface area contributed by atoms with Crippen LogP contribution in [0, 0.1) is 5.92 Å². The van der Waals surface area contributed by atoms with E-state index < -0.39 is 0 Å². The predicted octanol–water partition coefficient (Wildman–Crippen LogP) is 3.64. The number of fused-ring (bicyclic) bond motifs is 1. The molecule has 88 valence electrons. The van der Waals surface area contributed by atoms with Gasteiger partial charge in [0.2, 0.25) is 0 Å². The average Bonchev–Trinajstić information content (AvgIpc) is 2.28. The van der Waals surface area contributed by atoms with E-state index in [0.29, 0.717) is 5.92 Å². The largest absolute Gasteiger partial charge is 0.495 e. The monoisotopic (exact) mass is 219 g/mol. The van der Waals surface area contributed by atoms with Gasteiger partial charge in [0, 0.05) is 6.54 Å². The topological polar surface area (TPSA) is 21.3 Å². The maximum Gasteiger partial charge on any atom is 0.142 e. The van der Waals surface area contributed by atoms with Gasteiger partial charge >= 0.3 is 0 Å². The molecular weight excluding hydrogens is 198 g/mol. The summed E-state index contributed by atoms with van der Waals surface area (Å²) in [5, 5.41) is 3.46. The van der Waals surface area contributed by atoms with Gasteiger partial charge < -0.3 is 10.1 Å². The van der Waals surface area contributed by atoms with Crippen LogP contribution in [0.3, 0.4) is 0 Å². The summed E-state index contributed by atoms with van der Waals surface area (Å²) in [5.41, 5.74) is 2.64. The van der Waals surface area contributed by atoms with E-state index in [0.717, 1.165) is 18.2 Å². The van der Waals surface area contributed by atoms with Crippen LogP contribution in [0.15, 0.2) is 18.2 Å². The fourth-order valence-electron chi connectivity index (χ4n) is 2.59. The smallest absolute Gasteiger partial charge is 0.142 e. The highest BCUT2D eigenvalue weighted by atomic mass is 16.5. The van der Waals surface area contributed by atoms with Crippen molar-refractivity contribution >= 4 is 5.69 Å². The Labute approximate surface area is 98.0 Å². The molecule has 2 heteroatoms. The molecule has 0 spiro atoms. The lowest BCUT2D eigenvalue weighted by Crippen LogP contribution is -2.18. The SMILES string of the molecule is COc1cccc2c1NCCC2CC(C)C. The lowest BCUT2D eigenvalue weighted by Gasteiger charge is -2.29. The zero-order chi connectivity index (χ0) is 11.5. The Morgan fingerprint density at radius 3 is 2.94 bits per heavy atom. The third kappa shape index (κ3) is 2.16. The first kappa shape index (κ1) is 11.3. The van der Waals surface area contributed by atoms with Gasteiger partial charge in [-0.3, -0.25) is 0 Å². The second-order valence-corrected chi connectivity index (χ2v) is 4.97. The van der Waals surface area contributed by atoms with Gasteiger partial charge in [0.1, 0.15) is 5.75 Å². The van der Waals surface area contributed by atoms with Gasteiger partial charge in [-0.15, -0.1) is 0 Å². The van der Waals surface area contributed by atoms with E-state index in [4.69, 9.17) is 4.74 Å². The molecule has 2 rings (SSSR count). The molecule has 2 nitrogen and oxygen atoms in total. The van der Waals surface area contributed by atoms with Crippen LogP contribution < -0.4 is 10.1 Å². The van der Waals surface area contributed by atoms with Crippen LogP contribution in [0.4, 0.5) is 5.69 Å². The molecule has 0 bridgehead atoms. The molecule has 1 heterocycles. The Balaban J connectivity index is 2.31. The lowest BCUT2D eigenvalue weighted by atomic mass is 9.84. The number of ether oxygens (including phenoxy) is 1. The van der Waals surface area contributed by atoms with Crippen molar-refractivity contribution in [2.24, 2.45) is 5.92 Å². The summed E-state index contributed by atoms with van der Waals surface area (Å²) >= 11 is 0. The zero-order valence-electron chi connectivity index (χ0n) is 10.4. The number of nitrogens with one attached hydrogen (secondary N) is 1. The molecule has 0 saturated carbocycles. The number of hydrogen-bond acceptors (Lipinski definition) is 2. The summed E-state index contributed by atoms with van der Waals surface area (Å²) in [6, 6.07) is 6.36. The zero-order valence-corrected chi connectivity index (χ0v) is 10.4. The fraction of sp³-hybridized carbons (Fsp3) is 0.571. The van der Waals surface area contributed by atoms with Crippen molar-refractivity contribution in [2.45, 2.75) is 32.6 Å². The average molecular weight is 219 g/mol. The van der Waals surface area contributed by atoms with Crippen LogP contribution in [0.25, 0.3) is 0 Å². The first-order chi connectivity index (χ1) is 7.72. The van der Waals surface area contributed by atoms with Crippen molar-refractivity contribution in [1.29, 1.82) is 0 Å². The second kappa shape index (κ2) is 4.77. The van der Waals surface area contributed by atoms with Crippen molar-refractivity contribution < 1.29 is 4.74 Å². The van der Waals surface area contributed by atoms with Crippen molar-refractivity contribution in [2.75, 3.05) is 19.0 Å². The summed E-state index contributed by atoms with van der Waals surface area (Å²) in [4.78, 5) is 0. The molecule has 1 aliphatic rings. The molecule has 0 saturated heterocycles. The molecule has 1 N–H and O–H groups in total. The summed E-state index contributed by atoms with van der Waals surface area (Å²) in [5.74, 6) is 2.42. The van der Waals surface area contributed by atoms with Crippen LogP contribution in [0.1, 0.15) is 38.2 Å². The molecule has 16 heavy (non-hydrogen) atoms. The predicted molar refractivity (Wildman–Crippen MR) is 68.3 cm³/mol. The summed E-state index contributed by atoms with van der Waals surface area (Å²) < 4.78 is 5.40. The molecular formula is C14H21NO. The fourth-order valence-corrected chi connectivity index (χ4v) is 2.59. The molecule has 1 unspecified atom stereocenters. The number of benzene rings is 1. The first-order valence-electron chi connectivity index (χ1n) is 6.13. The maximum absolute atomic E-state index is 5.40. The third-order valence-corrected chi connectivity index (χ3v) is 3.27. The molecule has 1 aromatic carbocycles. The van der Waals surface area contributed by atoms with E-state index in [2.05, 4.69) is 31.3 Å². The Morgan fingerprint density at radius 1 is 1.44 bits per heavy atom. The van der Waals surface area contributed by atoms with Crippen molar-refractivity contribution in [1.82, 2.24) is 0 Å². The Hall–Kier alpha value is -1.18. The highest BCUT2D eigenvalue weighted by Crippen LogP contribution is 2.40. The van der Waals surface area contributed by atoms with Gasteiger partial charge in [0.15, 0.2) is 0 Å². The normalized spacial score (nSPS) is 19.1. The van der Waals surface area contributed by atoms with E-state index in [1.54, 1.807) is 7.11 Å². The van der Waals surface area contributed by atoms with Gasteiger partial charge in [-0.25, -0.2) is 0 Å². The van der Waals surface area contributed by atoms with Gasteiger partial charge in [0.25, 0.3) is 0 Å². The van der Waals surface area contributed by atoms with Crippen molar-refractivity contribution in [3.8, 4) is 5.75 Å². The first-order valence-corrected chi connectivity index (χ1v) is 6.13. The Morgan fingerprint density at radius 2 is 2.25 bits per heavy atom. The standard InChI is InChI=1S/C14H21NO/c1-10(2)9-11-7-8-15-14-12(11)5-4-6-13(14)16-3/h4-6,10-11,15H,7-9H2,1-3H3. The lowest BCUT2D eigenvalue weighted by molar-refractivity contribution is 0.411. The van der Waals surface area contributed by atoms with Gasteiger partial charge in [-0.1, -0.05) is 26.0 Å². The van der Waals surface area contributed by atoms with E-state index in [1.807, 2.05) is 6.07 Å². The van der Waals surface area contributed by atoms with Crippen LogP contribution in [0.2, 0.25) is 0 Å². The van der Waals surface area contributed by atoms with E-state index in [9.17, 15) is 0 Å². The summed E-state index contributed by atoms with van der Waals surface area (Å²) in [6.07, 6.45) is 2.50. The van der Waals surface area contributed by atoms with Crippen LogP contribution in [-0.4, -0.2) is 13.7 Å². The minimum atomic E-state index is 0.686. The van der Waals surface area contributed by atoms with Gasteiger partial charge in [-0.2, -0.15) is 0 Å². The number of para-hydroxylation sites is 1. The number of methoxy groups -OCH3 is 1. The van der Waals surface area contributed by atoms with E-state index >= 15 is 0 Å². The molecule has 1 aromatic rings. The Bertz CT molecular complexity index is 360. The minimum absolute atomic E-state index is 0.686. The van der Waals surface area contributed by atoms with Crippen molar-refractivity contribution in [3.63, 3.8) is 0 Å². The highest BCUT2D eigenvalue weighted by Gasteiger charge is 2.22. The minimum Gasteiger partial charge on any atom is -0.495 e. The van der Waals surface area contributed by atoms with Gasteiger partial charge in [0.05, 0.1) is 12.8 Å².